The second-order valence-corrected chi connectivity index (χ2v) is 9.28. The van der Waals surface area contributed by atoms with Crippen LogP contribution in [0.5, 0.6) is 0 Å². The first-order chi connectivity index (χ1) is 15.8. The molecule has 2 aromatic rings. The Hall–Kier alpha value is -2.22. The molecular weight excluding hydrogens is 433 g/mol. The van der Waals surface area contributed by atoms with Crippen molar-refractivity contribution in [2.24, 2.45) is 0 Å². The first-order valence-electron chi connectivity index (χ1n) is 11.2. The zero-order valence-electron chi connectivity index (χ0n) is 19.7. The van der Waals surface area contributed by atoms with Gasteiger partial charge in [0.15, 0.2) is 5.82 Å². The molecule has 174 valence electrons. The molecule has 32 heavy (non-hydrogen) atoms. The molecule has 1 fully saturated rings. The molecule has 1 saturated heterocycles. The van der Waals surface area contributed by atoms with E-state index in [1.807, 2.05) is 0 Å². The van der Waals surface area contributed by atoms with Gasteiger partial charge in [0.05, 0.1) is 31.3 Å². The van der Waals surface area contributed by atoms with Crippen LogP contribution in [0.1, 0.15) is 55.0 Å². The standard InChI is InChI=1S/C20H30N7O4P/c1-14(2)27(15(3)4)32(29-10-6-8-21)31-17-11-19(30-16(17)5)25-9-7-18(24-20(25)28)26-13-22-12-23-26/h7,9,12-17,19H,6,10-11H2,1-5H3/t16-,17?,19-,32?/m1/s1/i5D. The van der Waals surface area contributed by atoms with E-state index in [1.54, 1.807) is 12.3 Å². The quantitative estimate of drug-likeness (QED) is 0.386. The molecule has 0 bridgehead atoms. The lowest BCUT2D eigenvalue weighted by Crippen LogP contribution is -2.35. The molecule has 0 N–H and O–H groups in total. The van der Waals surface area contributed by atoms with Crippen molar-refractivity contribution >= 4 is 8.53 Å². The summed E-state index contributed by atoms with van der Waals surface area (Å²) in [6.45, 7) is 8.47. The van der Waals surface area contributed by atoms with Crippen LogP contribution in [0.15, 0.2) is 29.7 Å². The minimum Gasteiger partial charge on any atom is -0.352 e. The Morgan fingerprint density at radius 3 is 2.81 bits per heavy atom. The molecule has 12 heteroatoms. The largest absolute Gasteiger partial charge is 0.352 e. The smallest absolute Gasteiger partial charge is 0.351 e. The van der Waals surface area contributed by atoms with Crippen LogP contribution in [0, 0.1) is 11.3 Å². The molecule has 4 atom stereocenters. The van der Waals surface area contributed by atoms with Crippen molar-refractivity contribution in [3.05, 3.63) is 35.4 Å². The van der Waals surface area contributed by atoms with E-state index in [2.05, 4.69) is 53.5 Å². The van der Waals surface area contributed by atoms with Crippen LogP contribution in [0.4, 0.5) is 0 Å². The highest BCUT2D eigenvalue weighted by atomic mass is 31.2. The second kappa shape index (κ2) is 11.1. The van der Waals surface area contributed by atoms with Crippen molar-refractivity contribution in [3.8, 4) is 11.9 Å². The molecule has 3 rings (SSSR count). The molecule has 1 aliphatic heterocycles. The lowest BCUT2D eigenvalue weighted by molar-refractivity contribution is -0.00870. The van der Waals surface area contributed by atoms with Gasteiger partial charge in [0.25, 0.3) is 8.53 Å². The van der Waals surface area contributed by atoms with Crippen molar-refractivity contribution in [2.45, 2.75) is 78.0 Å². The molecule has 2 aromatic heterocycles. The van der Waals surface area contributed by atoms with Gasteiger partial charge in [0, 0.05) is 26.1 Å². The minimum atomic E-state index is -1.49. The van der Waals surface area contributed by atoms with E-state index in [0.717, 1.165) is 0 Å². The fourth-order valence-corrected chi connectivity index (χ4v) is 5.23. The van der Waals surface area contributed by atoms with Crippen LogP contribution < -0.4 is 5.69 Å². The summed E-state index contributed by atoms with van der Waals surface area (Å²) < 4.78 is 31.2. The predicted octanol–water partition coefficient (Wildman–Crippen LogP) is 2.79. The Balaban J connectivity index is 1.77. The average molecular weight is 464 g/mol. The summed E-state index contributed by atoms with van der Waals surface area (Å²) in [7, 11) is -1.49. The van der Waals surface area contributed by atoms with E-state index in [9.17, 15) is 4.79 Å². The van der Waals surface area contributed by atoms with Crippen molar-refractivity contribution in [3.63, 3.8) is 0 Å². The van der Waals surface area contributed by atoms with E-state index < -0.39 is 32.7 Å². The molecule has 0 radical (unpaired) electrons. The maximum atomic E-state index is 12.7. The van der Waals surface area contributed by atoms with E-state index >= 15 is 0 Å². The SMILES string of the molecule is [2H]C[C@H]1O[C@@H](n2ccc(-n3cncn3)nc2=O)CC1OP(OCCC#N)N(C(C)C)C(C)C. The van der Waals surface area contributed by atoms with E-state index in [1.165, 1.54) is 21.9 Å². The van der Waals surface area contributed by atoms with Gasteiger partial charge in [-0.15, -0.1) is 0 Å². The van der Waals surface area contributed by atoms with Crippen LogP contribution in [0.2, 0.25) is 0 Å². The maximum absolute atomic E-state index is 12.7. The summed E-state index contributed by atoms with van der Waals surface area (Å²) >= 11 is 0. The van der Waals surface area contributed by atoms with Gasteiger partial charge in [-0.3, -0.25) is 4.57 Å². The first-order valence-corrected chi connectivity index (χ1v) is 11.6. The number of aromatic nitrogens is 5. The van der Waals surface area contributed by atoms with Crippen LogP contribution in [-0.2, 0) is 13.8 Å². The van der Waals surface area contributed by atoms with E-state index in [-0.39, 0.29) is 32.0 Å². The van der Waals surface area contributed by atoms with E-state index in [0.29, 0.717) is 12.2 Å². The van der Waals surface area contributed by atoms with E-state index in [4.69, 9.17) is 20.4 Å². The van der Waals surface area contributed by atoms with Crippen molar-refractivity contribution < 1.29 is 15.2 Å². The number of nitriles is 1. The molecule has 0 aromatic carbocycles. The zero-order chi connectivity index (χ0) is 24.0. The molecular formula is C20H30N7O4P. The van der Waals surface area contributed by atoms with Crippen molar-refractivity contribution in [1.82, 2.24) is 29.0 Å². The highest BCUT2D eigenvalue weighted by Gasteiger charge is 2.39. The Kier molecular flexibility index (Phi) is 7.95. The van der Waals surface area contributed by atoms with Gasteiger partial charge >= 0.3 is 5.69 Å². The highest BCUT2D eigenvalue weighted by Crippen LogP contribution is 2.49. The predicted molar refractivity (Wildman–Crippen MR) is 118 cm³/mol. The fraction of sp³-hybridized carbons (Fsp3) is 0.650. The monoisotopic (exact) mass is 464 g/mol. The van der Waals surface area contributed by atoms with Crippen LogP contribution in [0.3, 0.4) is 0 Å². The summed E-state index contributed by atoms with van der Waals surface area (Å²) in [6.07, 6.45) is 3.48. The molecule has 2 unspecified atom stereocenters. The summed E-state index contributed by atoms with van der Waals surface area (Å²) in [5.41, 5.74) is -0.490. The molecule has 0 saturated carbocycles. The lowest BCUT2D eigenvalue weighted by atomic mass is 10.2. The Bertz CT molecular complexity index is 974. The topological polar surface area (TPSA) is 120 Å². The van der Waals surface area contributed by atoms with Crippen LogP contribution in [0.25, 0.3) is 5.82 Å². The Morgan fingerprint density at radius 2 is 2.22 bits per heavy atom. The van der Waals surface area contributed by atoms with Crippen LogP contribution in [-0.4, -0.2) is 59.9 Å². The van der Waals surface area contributed by atoms with Gasteiger partial charge in [0.1, 0.15) is 18.9 Å². The summed E-state index contributed by atoms with van der Waals surface area (Å²) in [5.74, 6) is 0.357. The normalized spacial score (nSPS) is 22.4. The third-order valence-electron chi connectivity index (χ3n) is 4.85. The number of rotatable bonds is 10. The third-order valence-corrected chi connectivity index (χ3v) is 7.00. The molecule has 0 aliphatic carbocycles. The number of hydrogen-bond acceptors (Lipinski definition) is 9. The molecule has 0 spiro atoms. The lowest BCUT2D eigenvalue weighted by Gasteiger charge is -2.37. The van der Waals surface area contributed by atoms with Crippen molar-refractivity contribution in [1.29, 1.82) is 5.26 Å². The van der Waals surface area contributed by atoms with Crippen LogP contribution >= 0.6 is 8.53 Å². The summed E-state index contributed by atoms with van der Waals surface area (Å²) in [5, 5.41) is 12.9. The fourth-order valence-electron chi connectivity index (χ4n) is 3.47. The molecule has 0 amide bonds. The first kappa shape index (κ1) is 23.0. The summed E-state index contributed by atoms with van der Waals surface area (Å²) in [6, 6.07) is 4.05. The van der Waals surface area contributed by atoms with Gasteiger partial charge in [0.2, 0.25) is 0 Å². The Labute approximate surface area is 190 Å². The average Bonchev–Trinajstić information content (AvgIpc) is 3.43. The molecule has 1 aliphatic rings. The highest BCUT2D eigenvalue weighted by molar-refractivity contribution is 7.44. The van der Waals surface area contributed by atoms with Gasteiger partial charge in [-0.1, -0.05) is 0 Å². The van der Waals surface area contributed by atoms with Crippen molar-refractivity contribution in [2.75, 3.05) is 6.61 Å². The molecule has 11 nitrogen and oxygen atoms in total. The third kappa shape index (κ3) is 5.77. The minimum absolute atomic E-state index is 0.0227. The number of hydrogen-bond donors (Lipinski definition) is 0. The number of nitrogens with zero attached hydrogens (tertiary/aromatic N) is 7. The van der Waals surface area contributed by atoms with Gasteiger partial charge in [-0.05, 0) is 40.7 Å². The molecule has 3 heterocycles. The van der Waals surface area contributed by atoms with Gasteiger partial charge < -0.3 is 13.8 Å². The second-order valence-electron chi connectivity index (χ2n) is 7.87. The van der Waals surface area contributed by atoms with Gasteiger partial charge in [-0.25, -0.2) is 19.1 Å². The number of ether oxygens (including phenoxy) is 1. The van der Waals surface area contributed by atoms with Gasteiger partial charge in [-0.2, -0.15) is 15.3 Å². The zero-order valence-corrected chi connectivity index (χ0v) is 19.6. The maximum Gasteiger partial charge on any atom is 0.351 e. The Morgan fingerprint density at radius 1 is 1.44 bits per heavy atom. The summed E-state index contributed by atoms with van der Waals surface area (Å²) in [4.78, 5) is 20.6.